The maximum atomic E-state index is 10.6. The minimum atomic E-state index is -0.273. The molecule has 0 N–H and O–H groups in total. The van der Waals surface area contributed by atoms with Crippen LogP contribution in [0.15, 0.2) is 0 Å². The predicted molar refractivity (Wildman–Crippen MR) is 47.7 cm³/mol. The predicted octanol–water partition coefficient (Wildman–Crippen LogP) is 1.65. The topological polar surface area (TPSA) is 35.5 Å². The summed E-state index contributed by atoms with van der Waals surface area (Å²) in [4.78, 5) is 10.6. The van der Waals surface area contributed by atoms with Gasteiger partial charge >= 0.3 is 5.97 Å². The Hall–Kier alpha value is -0.0900. The van der Waals surface area contributed by atoms with Gasteiger partial charge in [0.05, 0.1) is 6.10 Å². The van der Waals surface area contributed by atoms with Gasteiger partial charge in [0.25, 0.3) is 0 Å². The maximum Gasteiger partial charge on any atom is 0.302 e. The van der Waals surface area contributed by atoms with E-state index in [1.54, 1.807) is 0 Å². The Kier molecular flexibility index (Phi) is 3.53. The van der Waals surface area contributed by atoms with Gasteiger partial charge in [0.1, 0.15) is 11.1 Å². The summed E-state index contributed by atoms with van der Waals surface area (Å²) in [6, 6.07) is 0. The van der Waals surface area contributed by atoms with Gasteiger partial charge in [-0.3, -0.25) is 4.79 Å². The second-order valence-electron chi connectivity index (χ2n) is 2.81. The highest BCUT2D eigenvalue weighted by atomic mass is 79.9. The molecule has 0 saturated carbocycles. The summed E-state index contributed by atoms with van der Waals surface area (Å²) in [5.41, 5.74) is 0. The average Bonchev–Trinajstić information content (AvgIpc) is 1.94. The van der Waals surface area contributed by atoms with E-state index in [2.05, 4.69) is 22.9 Å². The van der Waals surface area contributed by atoms with Crippen LogP contribution >= 0.6 is 15.9 Å². The van der Waals surface area contributed by atoms with Crippen LogP contribution in [0.25, 0.3) is 0 Å². The Labute approximate surface area is 80.5 Å². The van der Waals surface area contributed by atoms with Gasteiger partial charge < -0.3 is 9.47 Å². The van der Waals surface area contributed by atoms with Gasteiger partial charge in [-0.05, 0) is 19.8 Å². The molecule has 1 unspecified atom stereocenters. The molecule has 3 atom stereocenters. The van der Waals surface area contributed by atoms with Crippen molar-refractivity contribution in [1.29, 1.82) is 0 Å². The van der Waals surface area contributed by atoms with E-state index in [-0.39, 0.29) is 23.2 Å². The third kappa shape index (κ3) is 2.75. The molecule has 1 aliphatic rings. The van der Waals surface area contributed by atoms with E-state index in [0.717, 1.165) is 12.8 Å². The number of esters is 1. The van der Waals surface area contributed by atoms with Crippen molar-refractivity contribution in [2.24, 2.45) is 0 Å². The van der Waals surface area contributed by atoms with Crippen molar-refractivity contribution in [1.82, 2.24) is 0 Å². The zero-order chi connectivity index (χ0) is 9.14. The Balaban J connectivity index is 2.39. The maximum absolute atomic E-state index is 10.6. The van der Waals surface area contributed by atoms with E-state index < -0.39 is 0 Å². The van der Waals surface area contributed by atoms with Gasteiger partial charge in [-0.2, -0.15) is 0 Å². The first kappa shape index (κ1) is 9.99. The van der Waals surface area contributed by atoms with Crippen LogP contribution in [0.2, 0.25) is 0 Å². The van der Waals surface area contributed by atoms with Crippen LogP contribution in [-0.4, -0.2) is 23.2 Å². The second kappa shape index (κ2) is 4.23. The normalized spacial score (nSPS) is 36.1. The van der Waals surface area contributed by atoms with E-state index >= 15 is 0 Å². The Bertz CT molecular complexity index is 172. The van der Waals surface area contributed by atoms with Crippen molar-refractivity contribution in [3.8, 4) is 0 Å². The molecule has 1 fully saturated rings. The fourth-order valence-electron chi connectivity index (χ4n) is 1.17. The highest BCUT2D eigenvalue weighted by molar-refractivity contribution is 9.09. The number of hydrogen-bond donors (Lipinski definition) is 0. The Morgan fingerprint density at radius 1 is 1.67 bits per heavy atom. The molecule has 0 bridgehead atoms. The zero-order valence-electron chi connectivity index (χ0n) is 6.96. The van der Waals surface area contributed by atoms with E-state index in [0.29, 0.717) is 0 Å². The van der Waals surface area contributed by atoms with Crippen molar-refractivity contribution >= 4 is 21.9 Å². The Morgan fingerprint density at radius 3 is 2.83 bits per heavy atom. The number of hydrogen-bond acceptors (Lipinski definition) is 3. The summed E-state index contributed by atoms with van der Waals surface area (Å²) < 4.78 is 10.3. The van der Waals surface area contributed by atoms with E-state index in [9.17, 15) is 4.79 Å². The minimum Gasteiger partial charge on any atom is -0.460 e. The molecule has 0 amide bonds. The van der Waals surface area contributed by atoms with Gasteiger partial charge in [-0.1, -0.05) is 15.9 Å². The summed E-state index contributed by atoms with van der Waals surface area (Å²) in [7, 11) is 0. The van der Waals surface area contributed by atoms with Crippen molar-refractivity contribution in [2.75, 3.05) is 0 Å². The lowest BCUT2D eigenvalue weighted by Gasteiger charge is -2.31. The molecule has 1 rings (SSSR count). The number of ether oxygens (including phenoxy) is 2. The molecule has 1 aliphatic heterocycles. The van der Waals surface area contributed by atoms with Crippen LogP contribution < -0.4 is 0 Å². The minimum absolute atomic E-state index is 0.0480. The second-order valence-corrected chi connectivity index (χ2v) is 3.83. The quantitative estimate of drug-likeness (QED) is 0.513. The molecule has 0 aromatic heterocycles. The number of carbonyl (C=O) groups excluding carboxylic acids is 1. The molecule has 69 valence electrons. The first-order valence-corrected chi connectivity index (χ1v) is 4.81. The van der Waals surface area contributed by atoms with Gasteiger partial charge in [0.15, 0.2) is 0 Å². The van der Waals surface area contributed by atoms with E-state index in [1.807, 2.05) is 0 Å². The largest absolute Gasteiger partial charge is 0.460 e. The highest BCUT2D eigenvalue weighted by Gasteiger charge is 2.28. The molecule has 4 heteroatoms. The molecular formula is C8H12BrO3. The third-order valence-electron chi connectivity index (χ3n) is 1.73. The fraction of sp³-hybridized carbons (Fsp3) is 0.750. The van der Waals surface area contributed by atoms with Crippen molar-refractivity contribution < 1.29 is 14.3 Å². The van der Waals surface area contributed by atoms with Crippen molar-refractivity contribution in [3.05, 3.63) is 6.92 Å². The summed E-state index contributed by atoms with van der Waals surface area (Å²) in [6.07, 6.45) is 1.22. The molecule has 0 spiro atoms. The molecule has 0 aliphatic carbocycles. The van der Waals surface area contributed by atoms with E-state index in [1.165, 1.54) is 6.92 Å². The molecule has 3 nitrogen and oxygen atoms in total. The summed E-state index contributed by atoms with van der Waals surface area (Å²) in [5, 5.41) is 0.0480. The van der Waals surface area contributed by atoms with Crippen molar-refractivity contribution in [3.63, 3.8) is 0 Å². The highest BCUT2D eigenvalue weighted by Crippen LogP contribution is 2.24. The first-order chi connectivity index (χ1) is 5.59. The molecule has 0 aromatic carbocycles. The van der Waals surface area contributed by atoms with Crippen molar-refractivity contribution in [2.45, 2.75) is 37.0 Å². The summed E-state index contributed by atoms with van der Waals surface area (Å²) >= 11 is 3.32. The van der Waals surface area contributed by atoms with Crippen LogP contribution in [-0.2, 0) is 14.3 Å². The Morgan fingerprint density at radius 2 is 2.33 bits per heavy atom. The molecule has 1 heterocycles. The SMILES string of the molecule is [CH2][C@H]1OC(Br)CC[C@@H]1OC(C)=O. The summed E-state index contributed by atoms with van der Waals surface area (Å²) in [6.45, 7) is 5.15. The number of carbonyl (C=O) groups is 1. The third-order valence-corrected chi connectivity index (χ3v) is 2.41. The van der Waals surface area contributed by atoms with Gasteiger partial charge in [-0.25, -0.2) is 0 Å². The fourth-order valence-corrected chi connectivity index (χ4v) is 1.72. The average molecular weight is 236 g/mol. The van der Waals surface area contributed by atoms with Crippen LogP contribution in [0.4, 0.5) is 0 Å². The zero-order valence-corrected chi connectivity index (χ0v) is 8.54. The van der Waals surface area contributed by atoms with Gasteiger partial charge in [0.2, 0.25) is 0 Å². The van der Waals surface area contributed by atoms with Crippen LogP contribution in [0.3, 0.4) is 0 Å². The molecular weight excluding hydrogens is 224 g/mol. The lowest BCUT2D eigenvalue weighted by Crippen LogP contribution is -2.37. The smallest absolute Gasteiger partial charge is 0.302 e. The first-order valence-electron chi connectivity index (χ1n) is 3.89. The lowest BCUT2D eigenvalue weighted by atomic mass is 10.1. The molecule has 12 heavy (non-hydrogen) atoms. The number of halogens is 1. The van der Waals surface area contributed by atoms with Gasteiger partial charge in [0, 0.05) is 6.92 Å². The monoisotopic (exact) mass is 235 g/mol. The van der Waals surface area contributed by atoms with Crippen LogP contribution in [0.1, 0.15) is 19.8 Å². The van der Waals surface area contributed by atoms with Crippen LogP contribution in [0.5, 0.6) is 0 Å². The number of rotatable bonds is 1. The molecule has 0 aromatic rings. The van der Waals surface area contributed by atoms with Gasteiger partial charge in [-0.15, -0.1) is 0 Å². The standard InChI is InChI=1S/C8H12BrO3/c1-5-7(12-6(2)10)3-4-8(9)11-5/h5,7-8H,1,3-4H2,2H3/t5-,7+,8?/m1/s1. The van der Waals surface area contributed by atoms with Crippen LogP contribution in [0, 0.1) is 6.92 Å². The molecule has 1 saturated heterocycles. The lowest BCUT2D eigenvalue weighted by molar-refractivity contribution is -0.158. The number of alkyl halides is 1. The summed E-state index contributed by atoms with van der Waals surface area (Å²) in [5.74, 6) is -0.273. The van der Waals surface area contributed by atoms with E-state index in [4.69, 9.17) is 9.47 Å². The molecule has 1 radical (unpaired) electrons.